The van der Waals surface area contributed by atoms with Gasteiger partial charge in [0, 0.05) is 11.0 Å². The van der Waals surface area contributed by atoms with Crippen LogP contribution in [0.4, 0.5) is 0 Å². The van der Waals surface area contributed by atoms with E-state index in [1.807, 2.05) is 18.2 Å². The van der Waals surface area contributed by atoms with Crippen molar-refractivity contribution >= 4 is 21.8 Å². The first kappa shape index (κ1) is 14.5. The second-order valence-electron chi connectivity index (χ2n) is 5.16. The molecule has 0 bridgehead atoms. The molecule has 19 heavy (non-hydrogen) atoms. The maximum absolute atomic E-state index is 12.0. The third-order valence-electron chi connectivity index (χ3n) is 3.78. The van der Waals surface area contributed by atoms with Crippen LogP contribution in [0.2, 0.25) is 0 Å². The van der Waals surface area contributed by atoms with Gasteiger partial charge in [-0.15, -0.1) is 0 Å². The lowest BCUT2D eigenvalue weighted by Crippen LogP contribution is -2.37. The maximum atomic E-state index is 12.0. The summed E-state index contributed by atoms with van der Waals surface area (Å²) in [7, 11) is 0. The number of carbonyl (C=O) groups is 1. The van der Waals surface area contributed by atoms with Gasteiger partial charge in [0.25, 0.3) is 5.91 Å². The molecule has 0 spiro atoms. The normalized spacial score (nSPS) is 18.0. The molecule has 4 heteroatoms. The van der Waals surface area contributed by atoms with Crippen molar-refractivity contribution in [1.29, 1.82) is 0 Å². The Morgan fingerprint density at radius 2 is 2.00 bits per heavy atom. The monoisotopic (exact) mass is 325 g/mol. The van der Waals surface area contributed by atoms with E-state index >= 15 is 0 Å². The van der Waals surface area contributed by atoms with Crippen molar-refractivity contribution < 1.29 is 9.90 Å². The van der Waals surface area contributed by atoms with Crippen LogP contribution in [0, 0.1) is 5.92 Å². The highest BCUT2D eigenvalue weighted by Gasteiger charge is 2.22. The molecule has 1 aliphatic carbocycles. The van der Waals surface area contributed by atoms with Crippen molar-refractivity contribution in [3.05, 3.63) is 34.3 Å². The number of nitrogens with one attached hydrogen (secondary N) is 1. The Bertz CT molecular complexity index is 430. The van der Waals surface area contributed by atoms with Gasteiger partial charge < -0.3 is 10.4 Å². The van der Waals surface area contributed by atoms with Gasteiger partial charge in [-0.3, -0.25) is 4.79 Å². The van der Waals surface area contributed by atoms with Gasteiger partial charge in [-0.1, -0.05) is 31.4 Å². The fourth-order valence-corrected chi connectivity index (χ4v) is 3.09. The van der Waals surface area contributed by atoms with Gasteiger partial charge in [-0.2, -0.15) is 0 Å². The molecule has 1 atom stereocenters. The molecular formula is C15H20BrNO2. The van der Waals surface area contributed by atoms with E-state index < -0.39 is 6.10 Å². The summed E-state index contributed by atoms with van der Waals surface area (Å²) in [5.41, 5.74) is 0.610. The molecule has 2 N–H and O–H groups in total. The fraction of sp³-hybridized carbons (Fsp3) is 0.533. The highest BCUT2D eigenvalue weighted by Crippen LogP contribution is 2.26. The lowest BCUT2D eigenvalue weighted by Gasteiger charge is -2.26. The van der Waals surface area contributed by atoms with E-state index in [4.69, 9.17) is 0 Å². The molecule has 0 aliphatic heterocycles. The number of carbonyl (C=O) groups excluding carboxylic acids is 1. The van der Waals surface area contributed by atoms with Gasteiger partial charge >= 0.3 is 0 Å². The SMILES string of the molecule is O=C(NC[C@@H](O)C1CCCCC1)c1ccccc1Br. The molecule has 1 aliphatic rings. The summed E-state index contributed by atoms with van der Waals surface area (Å²) in [6.45, 7) is 0.338. The molecule has 0 aromatic heterocycles. The third-order valence-corrected chi connectivity index (χ3v) is 4.48. The van der Waals surface area contributed by atoms with Crippen LogP contribution in [0.1, 0.15) is 42.5 Å². The van der Waals surface area contributed by atoms with Crippen LogP contribution in [0.25, 0.3) is 0 Å². The molecule has 1 aromatic rings. The molecule has 1 amide bonds. The Hall–Kier alpha value is -0.870. The van der Waals surface area contributed by atoms with Crippen LogP contribution in [-0.4, -0.2) is 23.7 Å². The standard InChI is InChI=1S/C15H20BrNO2/c16-13-9-5-4-8-12(13)15(19)17-10-14(18)11-6-2-1-3-7-11/h4-5,8-9,11,14,18H,1-3,6-7,10H2,(H,17,19)/t14-/m1/s1. The molecule has 1 aromatic carbocycles. The Morgan fingerprint density at radius 3 is 2.68 bits per heavy atom. The number of aliphatic hydroxyl groups is 1. The maximum Gasteiger partial charge on any atom is 0.252 e. The quantitative estimate of drug-likeness (QED) is 0.893. The summed E-state index contributed by atoms with van der Waals surface area (Å²) in [6, 6.07) is 7.31. The molecular weight excluding hydrogens is 306 g/mol. The van der Waals surface area contributed by atoms with Crippen LogP contribution >= 0.6 is 15.9 Å². The zero-order chi connectivity index (χ0) is 13.7. The van der Waals surface area contributed by atoms with Crippen LogP contribution in [0.5, 0.6) is 0 Å². The fourth-order valence-electron chi connectivity index (χ4n) is 2.62. The number of rotatable bonds is 4. The lowest BCUT2D eigenvalue weighted by molar-refractivity contribution is 0.0738. The first-order chi connectivity index (χ1) is 9.18. The first-order valence-electron chi connectivity index (χ1n) is 6.89. The lowest BCUT2D eigenvalue weighted by atomic mass is 9.85. The average Bonchev–Trinajstić information content (AvgIpc) is 2.46. The Balaban J connectivity index is 1.84. The number of halogens is 1. The highest BCUT2D eigenvalue weighted by atomic mass is 79.9. The minimum absolute atomic E-state index is 0.137. The second-order valence-corrected chi connectivity index (χ2v) is 6.01. The molecule has 0 saturated heterocycles. The zero-order valence-electron chi connectivity index (χ0n) is 10.9. The van der Waals surface area contributed by atoms with E-state index in [1.165, 1.54) is 19.3 Å². The number of aliphatic hydroxyl groups excluding tert-OH is 1. The van der Waals surface area contributed by atoms with Gasteiger partial charge in [0.2, 0.25) is 0 Å². The van der Waals surface area contributed by atoms with Gasteiger partial charge in [0.15, 0.2) is 0 Å². The Kier molecular flexibility index (Phi) is 5.40. The molecule has 2 rings (SSSR count). The molecule has 3 nitrogen and oxygen atoms in total. The molecule has 1 fully saturated rings. The number of hydrogen-bond donors (Lipinski definition) is 2. The third kappa shape index (κ3) is 4.05. The molecule has 0 radical (unpaired) electrons. The molecule has 0 unspecified atom stereocenters. The highest BCUT2D eigenvalue weighted by molar-refractivity contribution is 9.10. The number of benzene rings is 1. The van der Waals surface area contributed by atoms with Gasteiger partial charge in [-0.05, 0) is 46.8 Å². The largest absolute Gasteiger partial charge is 0.391 e. The van der Waals surface area contributed by atoms with E-state index in [-0.39, 0.29) is 5.91 Å². The zero-order valence-corrected chi connectivity index (χ0v) is 12.5. The van der Waals surface area contributed by atoms with E-state index in [0.29, 0.717) is 18.0 Å². The van der Waals surface area contributed by atoms with Crippen LogP contribution in [-0.2, 0) is 0 Å². The summed E-state index contributed by atoms with van der Waals surface area (Å²) < 4.78 is 0.777. The first-order valence-corrected chi connectivity index (χ1v) is 7.68. The summed E-state index contributed by atoms with van der Waals surface area (Å²) in [6.07, 6.45) is 5.39. The number of hydrogen-bond acceptors (Lipinski definition) is 2. The topological polar surface area (TPSA) is 49.3 Å². The van der Waals surface area contributed by atoms with Crippen molar-refractivity contribution in [3.8, 4) is 0 Å². The number of amides is 1. The van der Waals surface area contributed by atoms with Crippen molar-refractivity contribution in [2.45, 2.75) is 38.2 Å². The summed E-state index contributed by atoms with van der Waals surface area (Å²) >= 11 is 3.36. The summed E-state index contributed by atoms with van der Waals surface area (Å²) in [5, 5.41) is 12.9. The van der Waals surface area contributed by atoms with Crippen molar-refractivity contribution in [1.82, 2.24) is 5.32 Å². The van der Waals surface area contributed by atoms with E-state index in [9.17, 15) is 9.90 Å². The predicted octanol–water partition coefficient (Wildman–Crippen LogP) is 3.12. The Morgan fingerprint density at radius 1 is 1.32 bits per heavy atom. The second kappa shape index (κ2) is 7.06. The van der Waals surface area contributed by atoms with Crippen LogP contribution in [0.3, 0.4) is 0 Å². The average molecular weight is 326 g/mol. The van der Waals surface area contributed by atoms with Gasteiger partial charge in [0.05, 0.1) is 11.7 Å². The Labute approximate surface area is 122 Å². The van der Waals surface area contributed by atoms with Crippen molar-refractivity contribution in [2.75, 3.05) is 6.54 Å². The van der Waals surface area contributed by atoms with Gasteiger partial charge in [0.1, 0.15) is 0 Å². The minimum Gasteiger partial charge on any atom is -0.391 e. The van der Waals surface area contributed by atoms with E-state index in [2.05, 4.69) is 21.2 Å². The molecule has 1 saturated carbocycles. The van der Waals surface area contributed by atoms with Crippen molar-refractivity contribution in [2.24, 2.45) is 5.92 Å². The summed E-state index contributed by atoms with van der Waals surface area (Å²) in [5.74, 6) is 0.204. The van der Waals surface area contributed by atoms with Crippen LogP contribution < -0.4 is 5.32 Å². The smallest absolute Gasteiger partial charge is 0.252 e. The van der Waals surface area contributed by atoms with E-state index in [0.717, 1.165) is 17.3 Å². The van der Waals surface area contributed by atoms with Gasteiger partial charge in [-0.25, -0.2) is 0 Å². The minimum atomic E-state index is -0.424. The van der Waals surface area contributed by atoms with Crippen molar-refractivity contribution in [3.63, 3.8) is 0 Å². The molecule has 0 heterocycles. The summed E-state index contributed by atoms with van der Waals surface area (Å²) in [4.78, 5) is 12.0. The van der Waals surface area contributed by atoms with Crippen LogP contribution in [0.15, 0.2) is 28.7 Å². The predicted molar refractivity (Wildman–Crippen MR) is 79.1 cm³/mol. The molecule has 104 valence electrons. The van der Waals surface area contributed by atoms with E-state index in [1.54, 1.807) is 6.07 Å².